The van der Waals surface area contributed by atoms with E-state index in [0.29, 0.717) is 11.2 Å². The Labute approximate surface area is 83.3 Å². The molecule has 7 heteroatoms. The highest BCUT2D eigenvalue weighted by molar-refractivity contribution is 6.28. The van der Waals surface area contributed by atoms with Crippen LogP contribution >= 0.6 is 11.6 Å². The first-order valence-electron chi connectivity index (χ1n) is 3.67. The monoisotopic (exact) mass is 212 g/mol. The highest BCUT2D eigenvalue weighted by Gasteiger charge is 2.16. The molecule has 0 aliphatic rings. The second-order valence-corrected chi connectivity index (χ2v) is 2.77. The predicted molar refractivity (Wildman–Crippen MR) is 48.0 cm³/mol. The van der Waals surface area contributed by atoms with E-state index in [4.69, 9.17) is 11.6 Å². The van der Waals surface area contributed by atoms with Crippen LogP contribution in [0.3, 0.4) is 0 Å². The molecule has 1 N–H and O–H groups in total. The van der Waals surface area contributed by atoms with Crippen LogP contribution in [-0.4, -0.2) is 33.0 Å². The number of methoxy groups -OCH3 is 1. The van der Waals surface area contributed by atoms with Crippen LogP contribution in [0.25, 0.3) is 11.2 Å². The molecule has 2 heterocycles. The summed E-state index contributed by atoms with van der Waals surface area (Å²) in [7, 11) is 1.26. The van der Waals surface area contributed by atoms with Gasteiger partial charge in [-0.25, -0.2) is 14.8 Å². The van der Waals surface area contributed by atoms with Gasteiger partial charge in [0.1, 0.15) is 5.52 Å². The number of aromatic nitrogens is 4. The van der Waals surface area contributed by atoms with E-state index in [1.807, 2.05) is 0 Å². The van der Waals surface area contributed by atoms with Crippen molar-refractivity contribution in [2.75, 3.05) is 7.11 Å². The smallest absolute Gasteiger partial charge is 0.359 e. The average molecular weight is 213 g/mol. The lowest BCUT2D eigenvalue weighted by Crippen LogP contribution is -2.06. The van der Waals surface area contributed by atoms with Gasteiger partial charge in [0.05, 0.1) is 13.4 Å². The van der Waals surface area contributed by atoms with Crippen LogP contribution in [0.4, 0.5) is 0 Å². The molecular weight excluding hydrogens is 208 g/mol. The molecule has 72 valence electrons. The van der Waals surface area contributed by atoms with E-state index in [9.17, 15) is 4.79 Å². The summed E-state index contributed by atoms with van der Waals surface area (Å²) in [5.41, 5.74) is 0.839. The molecule has 14 heavy (non-hydrogen) atoms. The first-order chi connectivity index (χ1) is 6.72. The number of nitrogens with one attached hydrogen (secondary N) is 1. The number of rotatable bonds is 1. The number of carbonyl (C=O) groups excluding carboxylic acids is 1. The van der Waals surface area contributed by atoms with Crippen molar-refractivity contribution in [3.8, 4) is 0 Å². The van der Waals surface area contributed by atoms with E-state index < -0.39 is 5.97 Å². The summed E-state index contributed by atoms with van der Waals surface area (Å²) in [5.74, 6) is -0.580. The van der Waals surface area contributed by atoms with Crippen molar-refractivity contribution in [2.45, 2.75) is 0 Å². The normalized spacial score (nSPS) is 10.4. The number of H-pyrrole nitrogens is 1. The molecule has 6 nitrogen and oxygen atoms in total. The Morgan fingerprint density at radius 1 is 1.57 bits per heavy atom. The number of hydrogen-bond acceptors (Lipinski definition) is 5. The number of halogens is 1. The second kappa shape index (κ2) is 3.22. The summed E-state index contributed by atoms with van der Waals surface area (Å²) in [6.45, 7) is 0. The Bertz CT molecular complexity index is 495. The Balaban J connectivity index is 2.72. The van der Waals surface area contributed by atoms with Crippen LogP contribution in [0.2, 0.25) is 5.28 Å². The van der Waals surface area contributed by atoms with Gasteiger partial charge >= 0.3 is 5.97 Å². The maximum Gasteiger partial charge on any atom is 0.359 e. The van der Waals surface area contributed by atoms with E-state index in [-0.39, 0.29) is 11.0 Å². The van der Waals surface area contributed by atoms with Crippen molar-refractivity contribution in [1.29, 1.82) is 0 Å². The maximum absolute atomic E-state index is 11.3. The first-order valence-corrected chi connectivity index (χ1v) is 4.05. The average Bonchev–Trinajstić information content (AvgIpc) is 2.62. The van der Waals surface area contributed by atoms with Crippen molar-refractivity contribution in [3.63, 3.8) is 0 Å². The molecular formula is C7H5ClN4O2. The van der Waals surface area contributed by atoms with Crippen molar-refractivity contribution in [2.24, 2.45) is 0 Å². The molecule has 0 spiro atoms. The van der Waals surface area contributed by atoms with Crippen LogP contribution in [0.1, 0.15) is 10.5 Å². The molecule has 0 aliphatic heterocycles. The van der Waals surface area contributed by atoms with Gasteiger partial charge in [0.2, 0.25) is 5.28 Å². The molecule has 0 aliphatic carbocycles. The zero-order valence-electron chi connectivity index (χ0n) is 7.11. The lowest BCUT2D eigenvalue weighted by molar-refractivity contribution is 0.0596. The van der Waals surface area contributed by atoms with E-state index in [0.717, 1.165) is 0 Å². The molecule has 2 aromatic heterocycles. The van der Waals surface area contributed by atoms with Crippen molar-refractivity contribution in [3.05, 3.63) is 17.3 Å². The topological polar surface area (TPSA) is 80.8 Å². The summed E-state index contributed by atoms with van der Waals surface area (Å²) >= 11 is 5.60. The van der Waals surface area contributed by atoms with E-state index in [2.05, 4.69) is 24.7 Å². The number of esters is 1. The fourth-order valence-electron chi connectivity index (χ4n) is 1.05. The van der Waals surface area contributed by atoms with Gasteiger partial charge in [-0.1, -0.05) is 0 Å². The van der Waals surface area contributed by atoms with E-state index in [1.165, 1.54) is 13.4 Å². The van der Waals surface area contributed by atoms with Crippen molar-refractivity contribution < 1.29 is 9.53 Å². The summed E-state index contributed by atoms with van der Waals surface area (Å²) in [5, 5.41) is -0.0370. The number of imidazole rings is 1. The zero-order valence-corrected chi connectivity index (χ0v) is 7.87. The van der Waals surface area contributed by atoms with Crippen LogP contribution in [-0.2, 0) is 4.74 Å². The second-order valence-electron chi connectivity index (χ2n) is 2.43. The zero-order chi connectivity index (χ0) is 10.1. The molecule has 2 aromatic rings. The van der Waals surface area contributed by atoms with E-state index >= 15 is 0 Å². The highest BCUT2D eigenvalue weighted by Crippen LogP contribution is 2.14. The van der Waals surface area contributed by atoms with Crippen LogP contribution < -0.4 is 0 Å². The number of carbonyl (C=O) groups is 1. The Hall–Kier alpha value is -1.69. The van der Waals surface area contributed by atoms with Gasteiger partial charge in [-0.3, -0.25) is 0 Å². The van der Waals surface area contributed by atoms with Gasteiger partial charge in [0.15, 0.2) is 11.3 Å². The van der Waals surface area contributed by atoms with Crippen LogP contribution in [0.15, 0.2) is 6.33 Å². The lowest BCUT2D eigenvalue weighted by Gasteiger charge is -1.98. The quantitative estimate of drug-likeness (QED) is 0.558. The fourth-order valence-corrected chi connectivity index (χ4v) is 1.22. The number of hydrogen-bond donors (Lipinski definition) is 1. The summed E-state index contributed by atoms with van der Waals surface area (Å²) in [4.78, 5) is 25.4. The fraction of sp³-hybridized carbons (Fsp3) is 0.143. The molecule has 0 radical (unpaired) electrons. The molecule has 0 saturated carbocycles. The van der Waals surface area contributed by atoms with Gasteiger partial charge in [0.25, 0.3) is 0 Å². The van der Waals surface area contributed by atoms with Gasteiger partial charge in [-0.15, -0.1) is 0 Å². The standard InChI is InChI=1S/C7H5ClN4O2/c1-14-6(13)4-3-5(10-2-9-3)12-7(8)11-4/h2H,1H3,(H,9,10,11,12). The molecule has 0 unspecified atom stereocenters. The summed E-state index contributed by atoms with van der Waals surface area (Å²) in [6, 6.07) is 0. The third-order valence-corrected chi connectivity index (χ3v) is 1.81. The lowest BCUT2D eigenvalue weighted by atomic mass is 10.3. The van der Waals surface area contributed by atoms with Gasteiger partial charge in [-0.2, -0.15) is 4.98 Å². The summed E-state index contributed by atoms with van der Waals surface area (Å²) in [6.07, 6.45) is 1.40. The minimum atomic E-state index is -0.580. The van der Waals surface area contributed by atoms with Crippen molar-refractivity contribution >= 4 is 28.7 Å². The molecule has 0 saturated heterocycles. The van der Waals surface area contributed by atoms with Gasteiger partial charge in [0, 0.05) is 0 Å². The molecule has 0 aromatic carbocycles. The highest BCUT2D eigenvalue weighted by atomic mass is 35.5. The SMILES string of the molecule is COC(=O)c1nc(Cl)nc2nc[nH]c12. The molecule has 0 bridgehead atoms. The molecule has 0 amide bonds. The number of nitrogens with zero attached hydrogens (tertiary/aromatic N) is 3. The van der Waals surface area contributed by atoms with Gasteiger partial charge < -0.3 is 9.72 Å². The third kappa shape index (κ3) is 1.29. The third-order valence-electron chi connectivity index (χ3n) is 1.64. The molecule has 0 fully saturated rings. The number of fused-ring (bicyclic) bond motifs is 1. The molecule has 0 atom stereocenters. The Morgan fingerprint density at radius 2 is 2.36 bits per heavy atom. The minimum absolute atomic E-state index is 0.0370. The largest absolute Gasteiger partial charge is 0.464 e. The number of ether oxygens (including phenoxy) is 1. The Morgan fingerprint density at radius 3 is 3.07 bits per heavy atom. The first kappa shape index (κ1) is 8.89. The minimum Gasteiger partial charge on any atom is -0.464 e. The maximum atomic E-state index is 11.3. The number of aromatic amines is 1. The summed E-state index contributed by atoms with van der Waals surface area (Å²) < 4.78 is 4.53. The van der Waals surface area contributed by atoms with Crippen molar-refractivity contribution in [1.82, 2.24) is 19.9 Å². The van der Waals surface area contributed by atoms with Gasteiger partial charge in [-0.05, 0) is 11.6 Å². The van der Waals surface area contributed by atoms with Crippen LogP contribution in [0.5, 0.6) is 0 Å². The molecule has 2 rings (SSSR count). The predicted octanol–water partition coefficient (Wildman–Crippen LogP) is 0.793. The van der Waals surface area contributed by atoms with E-state index in [1.54, 1.807) is 0 Å². The van der Waals surface area contributed by atoms with Crippen LogP contribution in [0, 0.1) is 0 Å². The Kier molecular flexibility index (Phi) is 2.05.